The van der Waals surface area contributed by atoms with Gasteiger partial charge < -0.3 is 4.79 Å². The van der Waals surface area contributed by atoms with Crippen molar-refractivity contribution < 1.29 is 4.79 Å². The van der Waals surface area contributed by atoms with Crippen LogP contribution in [0.1, 0.15) is 11.1 Å². The monoisotopic (exact) mass is 228 g/mol. The van der Waals surface area contributed by atoms with Crippen LogP contribution in [0.15, 0.2) is 42.5 Å². The highest BCUT2D eigenvalue weighted by molar-refractivity contribution is 7.81. The van der Waals surface area contributed by atoms with Gasteiger partial charge in [0.2, 0.25) is 0 Å². The van der Waals surface area contributed by atoms with Crippen molar-refractivity contribution in [2.24, 2.45) is 5.92 Å². The molecule has 1 aliphatic rings. The Kier molecular flexibility index (Phi) is 3.11. The van der Waals surface area contributed by atoms with Crippen molar-refractivity contribution in [2.45, 2.75) is 6.92 Å². The summed E-state index contributed by atoms with van der Waals surface area (Å²) in [7, 11) is 0. The molecule has 0 saturated heterocycles. The van der Waals surface area contributed by atoms with E-state index in [-0.39, 0.29) is 5.92 Å². The summed E-state index contributed by atoms with van der Waals surface area (Å²) >= 11 is 5.31. The molecule has 1 aromatic carbocycles. The van der Waals surface area contributed by atoms with Gasteiger partial charge in [-0.25, -0.2) is 0 Å². The van der Waals surface area contributed by atoms with E-state index < -0.39 is 0 Å². The van der Waals surface area contributed by atoms with Crippen molar-refractivity contribution in [2.75, 3.05) is 0 Å². The van der Waals surface area contributed by atoms with Gasteiger partial charge in [0, 0.05) is 4.86 Å². The van der Waals surface area contributed by atoms with E-state index >= 15 is 0 Å². The van der Waals surface area contributed by atoms with Crippen LogP contribution in [-0.4, -0.2) is 11.2 Å². The number of hydrogen-bond acceptors (Lipinski definition) is 2. The van der Waals surface area contributed by atoms with Gasteiger partial charge >= 0.3 is 0 Å². The van der Waals surface area contributed by atoms with Gasteiger partial charge in [0.05, 0.1) is 5.92 Å². The minimum Gasteiger partial charge on any atom is -0.302 e. The van der Waals surface area contributed by atoms with Gasteiger partial charge in [0.25, 0.3) is 0 Å². The minimum atomic E-state index is -0.253. The molecule has 0 bridgehead atoms. The second-order valence-electron chi connectivity index (χ2n) is 3.86. The molecule has 2 rings (SSSR count). The summed E-state index contributed by atoms with van der Waals surface area (Å²) in [5, 5.41) is 0. The highest BCUT2D eigenvalue weighted by Crippen LogP contribution is 2.24. The molecule has 1 aromatic rings. The fourth-order valence-electron chi connectivity index (χ4n) is 1.70. The van der Waals surface area contributed by atoms with Crippen LogP contribution < -0.4 is 0 Å². The number of rotatable bonds is 2. The molecule has 0 saturated carbocycles. The van der Waals surface area contributed by atoms with Crippen molar-refractivity contribution in [1.82, 2.24) is 0 Å². The maximum atomic E-state index is 10.8. The smallest absolute Gasteiger partial charge is 0.132 e. The summed E-state index contributed by atoms with van der Waals surface area (Å²) in [6, 6.07) is 8.17. The third-order valence-corrected chi connectivity index (χ3v) is 3.15. The molecule has 1 atom stereocenters. The lowest BCUT2D eigenvalue weighted by atomic mass is 9.90. The molecule has 1 unspecified atom stereocenters. The summed E-state index contributed by atoms with van der Waals surface area (Å²) in [5.41, 5.74) is 3.27. The number of carbonyl (C=O) groups excluding carboxylic acids is 1. The maximum Gasteiger partial charge on any atom is 0.132 e. The third-order valence-electron chi connectivity index (χ3n) is 2.66. The van der Waals surface area contributed by atoms with E-state index in [9.17, 15) is 4.79 Å². The Morgan fingerprint density at radius 3 is 2.56 bits per heavy atom. The topological polar surface area (TPSA) is 17.1 Å². The van der Waals surface area contributed by atoms with Gasteiger partial charge in [-0.05, 0) is 18.1 Å². The SMILES string of the molecule is Cc1ccc(C2=CC=CC(C=O)C2=S)cc1. The molecule has 0 N–H and O–H groups in total. The van der Waals surface area contributed by atoms with E-state index in [0.29, 0.717) is 4.86 Å². The van der Waals surface area contributed by atoms with Gasteiger partial charge in [-0.3, -0.25) is 0 Å². The zero-order valence-electron chi connectivity index (χ0n) is 9.01. The maximum absolute atomic E-state index is 10.8. The van der Waals surface area contributed by atoms with Gasteiger partial charge in [0.15, 0.2) is 0 Å². The van der Waals surface area contributed by atoms with Crippen LogP contribution in [0.2, 0.25) is 0 Å². The van der Waals surface area contributed by atoms with Crippen molar-refractivity contribution in [3.63, 3.8) is 0 Å². The first-order valence-corrected chi connectivity index (χ1v) is 5.58. The van der Waals surface area contributed by atoms with Crippen molar-refractivity contribution in [3.05, 3.63) is 53.6 Å². The number of carbonyl (C=O) groups is 1. The number of thiocarbonyl (C=S) groups is 1. The largest absolute Gasteiger partial charge is 0.302 e. The molecular formula is C14H12OS. The van der Waals surface area contributed by atoms with Crippen LogP contribution in [-0.2, 0) is 4.79 Å². The number of aldehydes is 1. The van der Waals surface area contributed by atoms with Gasteiger partial charge in [-0.2, -0.15) is 0 Å². The predicted molar refractivity (Wildman–Crippen MR) is 70.4 cm³/mol. The van der Waals surface area contributed by atoms with Crippen molar-refractivity contribution in [3.8, 4) is 0 Å². The molecule has 0 heterocycles. The number of aryl methyl sites for hydroxylation is 1. The Bertz CT molecular complexity index is 480. The lowest BCUT2D eigenvalue weighted by molar-refractivity contribution is -0.108. The van der Waals surface area contributed by atoms with E-state index in [1.54, 1.807) is 0 Å². The molecule has 1 nitrogen and oxygen atoms in total. The standard InChI is InChI=1S/C14H12OS/c1-10-5-7-11(8-6-10)13-4-2-3-12(9-15)14(13)16/h2-9,12H,1H3. The molecule has 80 valence electrons. The first-order chi connectivity index (χ1) is 7.72. The fourth-order valence-corrected chi connectivity index (χ4v) is 2.02. The molecular weight excluding hydrogens is 216 g/mol. The molecule has 0 spiro atoms. The second kappa shape index (κ2) is 4.54. The number of benzene rings is 1. The summed E-state index contributed by atoms with van der Waals surface area (Å²) < 4.78 is 0. The van der Waals surface area contributed by atoms with Crippen LogP contribution >= 0.6 is 12.2 Å². The normalized spacial score (nSPS) is 19.4. The molecule has 0 fully saturated rings. The van der Waals surface area contributed by atoms with Gasteiger partial charge in [0.1, 0.15) is 6.29 Å². The summed E-state index contributed by atoms with van der Waals surface area (Å²) in [4.78, 5) is 11.5. The molecule has 0 aromatic heterocycles. The van der Waals surface area contributed by atoms with Crippen LogP contribution in [0.3, 0.4) is 0 Å². The van der Waals surface area contributed by atoms with E-state index in [2.05, 4.69) is 0 Å². The zero-order chi connectivity index (χ0) is 11.5. The van der Waals surface area contributed by atoms with Crippen molar-refractivity contribution >= 4 is 28.9 Å². The fraction of sp³-hybridized carbons (Fsp3) is 0.143. The second-order valence-corrected chi connectivity index (χ2v) is 4.30. The van der Waals surface area contributed by atoms with E-state index in [1.165, 1.54) is 5.56 Å². The summed E-state index contributed by atoms with van der Waals surface area (Å²) in [5.74, 6) is -0.253. The molecule has 16 heavy (non-hydrogen) atoms. The lowest BCUT2D eigenvalue weighted by Crippen LogP contribution is -2.15. The molecule has 2 heteroatoms. The summed E-state index contributed by atoms with van der Waals surface area (Å²) in [6.45, 7) is 2.05. The first kappa shape index (κ1) is 11.0. The van der Waals surface area contributed by atoms with Crippen LogP contribution in [0, 0.1) is 12.8 Å². The highest BCUT2D eigenvalue weighted by atomic mass is 32.1. The number of hydrogen-bond donors (Lipinski definition) is 0. The average Bonchev–Trinajstić information content (AvgIpc) is 2.31. The van der Waals surface area contributed by atoms with E-state index in [4.69, 9.17) is 12.2 Å². The Balaban J connectivity index is 2.38. The van der Waals surface area contributed by atoms with E-state index in [1.807, 2.05) is 49.4 Å². The molecule has 0 amide bonds. The Morgan fingerprint density at radius 2 is 1.94 bits per heavy atom. The molecule has 1 aliphatic carbocycles. The zero-order valence-corrected chi connectivity index (χ0v) is 9.83. The Morgan fingerprint density at radius 1 is 1.25 bits per heavy atom. The Labute approximate surface area is 100 Å². The van der Waals surface area contributed by atoms with Crippen molar-refractivity contribution in [1.29, 1.82) is 0 Å². The molecule has 0 aliphatic heterocycles. The Hall–Kier alpha value is -1.54. The van der Waals surface area contributed by atoms with E-state index in [0.717, 1.165) is 17.4 Å². The average molecular weight is 228 g/mol. The number of allylic oxidation sites excluding steroid dienone is 4. The van der Waals surface area contributed by atoms with Crippen LogP contribution in [0.5, 0.6) is 0 Å². The predicted octanol–water partition coefficient (Wildman–Crippen LogP) is 3.13. The lowest BCUT2D eigenvalue weighted by Gasteiger charge is -2.15. The first-order valence-electron chi connectivity index (χ1n) is 5.17. The minimum absolute atomic E-state index is 0.253. The van der Waals surface area contributed by atoms with Gasteiger partial charge in [-0.15, -0.1) is 0 Å². The molecule has 0 radical (unpaired) electrons. The quantitative estimate of drug-likeness (QED) is 0.571. The van der Waals surface area contributed by atoms with Crippen LogP contribution in [0.25, 0.3) is 5.57 Å². The highest BCUT2D eigenvalue weighted by Gasteiger charge is 2.18. The van der Waals surface area contributed by atoms with Crippen LogP contribution in [0.4, 0.5) is 0 Å². The van der Waals surface area contributed by atoms with Gasteiger partial charge in [-0.1, -0.05) is 60.3 Å². The summed E-state index contributed by atoms with van der Waals surface area (Å²) in [6.07, 6.45) is 6.57. The third kappa shape index (κ3) is 2.02.